The highest BCUT2D eigenvalue weighted by molar-refractivity contribution is 7.92. The lowest BCUT2D eigenvalue weighted by Gasteiger charge is -2.33. The molecule has 3 aromatic rings. The summed E-state index contributed by atoms with van der Waals surface area (Å²) in [7, 11) is -1.45. The summed E-state index contributed by atoms with van der Waals surface area (Å²) in [5.41, 5.74) is 2.52. The molecule has 1 saturated carbocycles. The summed E-state index contributed by atoms with van der Waals surface area (Å²) in [6.07, 6.45) is 4.94. The summed E-state index contributed by atoms with van der Waals surface area (Å²) in [4.78, 5) is 29.2. The molecule has 0 spiro atoms. The first-order valence-electron chi connectivity index (χ1n) is 15.2. The average Bonchev–Trinajstić information content (AvgIpc) is 3.02. The maximum absolute atomic E-state index is 14.3. The van der Waals surface area contributed by atoms with Gasteiger partial charge in [0.25, 0.3) is 10.0 Å². The van der Waals surface area contributed by atoms with Crippen LogP contribution in [0, 0.1) is 13.8 Å². The normalized spacial score (nSPS) is 14.3. The van der Waals surface area contributed by atoms with Gasteiger partial charge in [-0.2, -0.15) is 0 Å². The molecule has 0 aromatic heterocycles. The second-order valence-electron chi connectivity index (χ2n) is 11.7. The highest BCUT2D eigenvalue weighted by Gasteiger charge is 2.34. The molecule has 12 heteroatoms. The van der Waals surface area contributed by atoms with Gasteiger partial charge >= 0.3 is 0 Å². The maximum atomic E-state index is 14.3. The van der Waals surface area contributed by atoms with E-state index in [1.54, 1.807) is 37.3 Å². The summed E-state index contributed by atoms with van der Waals surface area (Å²) < 4.78 is 40.4. The van der Waals surface area contributed by atoms with Gasteiger partial charge in [0.1, 0.15) is 12.6 Å². The summed E-state index contributed by atoms with van der Waals surface area (Å²) in [5, 5.41) is 3.85. The lowest BCUT2D eigenvalue weighted by molar-refractivity contribution is -0.139. The minimum atomic E-state index is -4.32. The molecule has 0 unspecified atom stereocenters. The van der Waals surface area contributed by atoms with Gasteiger partial charge < -0.3 is 19.7 Å². The van der Waals surface area contributed by atoms with E-state index in [1.807, 2.05) is 19.9 Å². The Morgan fingerprint density at radius 2 is 1.57 bits per heavy atom. The fourth-order valence-electron chi connectivity index (χ4n) is 5.71. The van der Waals surface area contributed by atoms with Crippen LogP contribution in [0.1, 0.15) is 55.7 Å². The van der Waals surface area contributed by atoms with Crippen LogP contribution in [-0.2, 0) is 26.2 Å². The van der Waals surface area contributed by atoms with Gasteiger partial charge in [0.15, 0.2) is 11.5 Å². The van der Waals surface area contributed by atoms with Crippen molar-refractivity contribution in [1.29, 1.82) is 0 Å². The van der Waals surface area contributed by atoms with E-state index in [1.165, 1.54) is 37.3 Å². The smallest absolute Gasteiger partial charge is 0.264 e. The molecule has 1 fully saturated rings. The highest BCUT2D eigenvalue weighted by atomic mass is 35.5. The fraction of sp³-hybridized carbons (Fsp3) is 0.412. The number of carbonyl (C=O) groups excluding carboxylic acids is 2. The molecule has 1 atom stereocenters. The lowest BCUT2D eigenvalue weighted by atomic mass is 9.95. The predicted molar refractivity (Wildman–Crippen MR) is 181 cm³/mol. The monoisotopic (exact) mass is 689 g/mol. The molecule has 9 nitrogen and oxygen atoms in total. The van der Waals surface area contributed by atoms with Crippen LogP contribution in [-0.4, -0.2) is 58.0 Å². The number of sulfonamides is 1. The van der Waals surface area contributed by atoms with E-state index in [0.717, 1.165) is 47.5 Å². The number of amides is 2. The van der Waals surface area contributed by atoms with Crippen LogP contribution in [0.5, 0.6) is 11.5 Å². The molecule has 0 bridgehead atoms. The maximum Gasteiger partial charge on any atom is 0.264 e. The van der Waals surface area contributed by atoms with E-state index in [0.29, 0.717) is 27.0 Å². The molecule has 1 aliphatic carbocycles. The number of benzene rings is 3. The Labute approximate surface area is 281 Å². The lowest BCUT2D eigenvalue weighted by Crippen LogP contribution is -2.53. The number of carbonyl (C=O) groups is 2. The van der Waals surface area contributed by atoms with E-state index < -0.39 is 28.5 Å². The molecule has 4 rings (SSSR count). The number of ether oxygens (including phenoxy) is 2. The Hall–Kier alpha value is -3.47. The Bertz CT molecular complexity index is 1660. The van der Waals surface area contributed by atoms with Crippen LogP contribution in [0.3, 0.4) is 0 Å². The van der Waals surface area contributed by atoms with Crippen molar-refractivity contribution in [2.24, 2.45) is 0 Å². The van der Waals surface area contributed by atoms with Gasteiger partial charge in [-0.15, -0.1) is 0 Å². The van der Waals surface area contributed by atoms with Gasteiger partial charge in [-0.25, -0.2) is 8.42 Å². The number of halogens is 2. The van der Waals surface area contributed by atoms with Gasteiger partial charge in [-0.3, -0.25) is 13.9 Å². The third-order valence-corrected chi connectivity index (χ3v) is 10.5. The second-order valence-corrected chi connectivity index (χ2v) is 14.4. The molecule has 1 aliphatic rings. The van der Waals surface area contributed by atoms with Crippen molar-refractivity contribution in [3.63, 3.8) is 0 Å². The molecule has 0 heterocycles. The van der Waals surface area contributed by atoms with Crippen LogP contribution in [0.25, 0.3) is 0 Å². The van der Waals surface area contributed by atoms with E-state index >= 15 is 0 Å². The first-order chi connectivity index (χ1) is 21.8. The topological polar surface area (TPSA) is 105 Å². The van der Waals surface area contributed by atoms with Crippen molar-refractivity contribution >= 4 is 50.7 Å². The van der Waals surface area contributed by atoms with Crippen molar-refractivity contribution < 1.29 is 27.5 Å². The Balaban J connectivity index is 1.75. The van der Waals surface area contributed by atoms with Crippen molar-refractivity contribution in [1.82, 2.24) is 10.2 Å². The number of aryl methyl sites for hydroxylation is 2. The number of rotatable bonds is 12. The molecule has 1 N–H and O–H groups in total. The summed E-state index contributed by atoms with van der Waals surface area (Å²) in [5.74, 6) is -0.312. The number of hydrogen-bond donors (Lipinski definition) is 1. The van der Waals surface area contributed by atoms with Crippen LogP contribution in [0.4, 0.5) is 5.69 Å². The van der Waals surface area contributed by atoms with Crippen LogP contribution in [0.15, 0.2) is 59.5 Å². The van der Waals surface area contributed by atoms with Gasteiger partial charge in [0.2, 0.25) is 11.8 Å². The van der Waals surface area contributed by atoms with Gasteiger partial charge in [-0.1, -0.05) is 54.6 Å². The van der Waals surface area contributed by atoms with E-state index in [-0.39, 0.29) is 29.1 Å². The van der Waals surface area contributed by atoms with Crippen molar-refractivity contribution in [2.75, 3.05) is 25.1 Å². The van der Waals surface area contributed by atoms with Gasteiger partial charge in [-0.05, 0) is 86.7 Å². The van der Waals surface area contributed by atoms with E-state index in [2.05, 4.69) is 5.32 Å². The number of anilines is 1. The highest BCUT2D eigenvalue weighted by Crippen LogP contribution is 2.33. The zero-order chi connectivity index (χ0) is 33.6. The second kappa shape index (κ2) is 15.4. The molecule has 2 amide bonds. The summed E-state index contributed by atoms with van der Waals surface area (Å²) in [6, 6.07) is 13.6. The minimum Gasteiger partial charge on any atom is -0.493 e. The third kappa shape index (κ3) is 8.46. The molecule has 0 aliphatic heterocycles. The van der Waals surface area contributed by atoms with Crippen molar-refractivity contribution in [2.45, 2.75) is 76.4 Å². The van der Waals surface area contributed by atoms with Crippen molar-refractivity contribution in [3.8, 4) is 11.5 Å². The number of hydrogen-bond acceptors (Lipinski definition) is 6. The Morgan fingerprint density at radius 1 is 0.913 bits per heavy atom. The van der Waals surface area contributed by atoms with Crippen LogP contribution >= 0.6 is 23.2 Å². The predicted octanol–water partition coefficient (Wildman–Crippen LogP) is 6.69. The van der Waals surface area contributed by atoms with Crippen LogP contribution < -0.4 is 19.1 Å². The van der Waals surface area contributed by atoms with E-state index in [4.69, 9.17) is 32.7 Å². The molecular formula is C34H41Cl2N3O6S. The quantitative estimate of drug-likeness (QED) is 0.227. The molecule has 46 heavy (non-hydrogen) atoms. The molecular weight excluding hydrogens is 649 g/mol. The third-order valence-electron chi connectivity index (χ3n) is 8.19. The first kappa shape index (κ1) is 35.4. The molecule has 0 radical (unpaired) electrons. The minimum absolute atomic E-state index is 0.0250. The largest absolute Gasteiger partial charge is 0.493 e. The fourth-order valence-corrected chi connectivity index (χ4v) is 7.59. The number of methoxy groups -OCH3 is 2. The van der Waals surface area contributed by atoms with Gasteiger partial charge in [0, 0.05) is 28.7 Å². The zero-order valence-electron chi connectivity index (χ0n) is 26.8. The summed E-state index contributed by atoms with van der Waals surface area (Å²) >= 11 is 12.6. The number of nitrogens with one attached hydrogen (secondary N) is 1. The molecule has 248 valence electrons. The Kier molecular flexibility index (Phi) is 11.9. The summed E-state index contributed by atoms with van der Waals surface area (Å²) in [6.45, 7) is 4.74. The van der Waals surface area contributed by atoms with E-state index in [9.17, 15) is 18.0 Å². The average molecular weight is 691 g/mol. The zero-order valence-corrected chi connectivity index (χ0v) is 29.1. The Morgan fingerprint density at radius 3 is 2.17 bits per heavy atom. The van der Waals surface area contributed by atoms with Crippen LogP contribution in [0.2, 0.25) is 10.0 Å². The first-order valence-corrected chi connectivity index (χ1v) is 17.4. The molecule has 3 aromatic carbocycles. The SMILES string of the molecule is COc1ccc(S(=O)(=O)N(CC(=O)N(Cc2ccc(Cl)cc2Cl)[C@@H](C)C(=O)NC2CCCCC2)c2cc(C)cc(C)c2)cc1OC. The molecule has 0 saturated heterocycles. The van der Waals surface area contributed by atoms with Gasteiger partial charge in [0.05, 0.1) is 24.8 Å². The standard InChI is InChI=1S/C34H41Cl2N3O6S/c1-22-15-23(2)17-28(16-22)39(46(42,43)29-13-14-31(44-4)32(19-29)45-5)21-33(40)38(20-25-11-12-26(35)18-30(25)36)24(3)34(41)37-27-9-7-6-8-10-27/h11-19,24,27H,6-10,20-21H2,1-5H3,(H,37,41)/t24-/m0/s1. The number of nitrogens with zero attached hydrogens (tertiary/aromatic N) is 2. The van der Waals surface area contributed by atoms with Crippen molar-refractivity contribution in [3.05, 3.63) is 81.3 Å².